The highest BCUT2D eigenvalue weighted by Crippen LogP contribution is 2.27. The molecule has 0 spiro atoms. The molecule has 3 aromatic carbocycles. The van der Waals surface area contributed by atoms with Crippen molar-refractivity contribution in [2.45, 2.75) is 51.6 Å². The van der Waals surface area contributed by atoms with Gasteiger partial charge < -0.3 is 10.2 Å². The largest absolute Gasteiger partial charge is 0.354 e. The van der Waals surface area contributed by atoms with E-state index in [4.69, 9.17) is 0 Å². The minimum atomic E-state index is -4.07. The first-order valence-electron chi connectivity index (χ1n) is 12.4. The number of amides is 2. The summed E-state index contributed by atoms with van der Waals surface area (Å²) in [6.45, 7) is 7.53. The van der Waals surface area contributed by atoms with Gasteiger partial charge in [-0.1, -0.05) is 73.2 Å². The fourth-order valence-electron chi connectivity index (χ4n) is 3.95. The molecule has 0 aliphatic heterocycles. The lowest BCUT2D eigenvalue weighted by Crippen LogP contribution is -2.51. The number of carbonyl (C=O) groups is 2. The maximum absolute atomic E-state index is 13.8. The molecule has 0 radical (unpaired) electrons. The highest BCUT2D eigenvalue weighted by atomic mass is 32.2. The highest BCUT2D eigenvalue weighted by molar-refractivity contribution is 7.92. The summed E-state index contributed by atoms with van der Waals surface area (Å²) in [7, 11) is -4.07. The molecular weight excluding hydrogens is 486 g/mol. The topological polar surface area (TPSA) is 86.8 Å². The molecule has 8 heteroatoms. The molecule has 2 amide bonds. The molecule has 0 aliphatic rings. The van der Waals surface area contributed by atoms with Gasteiger partial charge in [0.25, 0.3) is 10.0 Å². The zero-order valence-electron chi connectivity index (χ0n) is 21.8. The van der Waals surface area contributed by atoms with E-state index < -0.39 is 28.5 Å². The van der Waals surface area contributed by atoms with Gasteiger partial charge in [0.15, 0.2) is 0 Å². The van der Waals surface area contributed by atoms with E-state index in [0.717, 1.165) is 21.9 Å². The van der Waals surface area contributed by atoms with E-state index in [1.165, 1.54) is 4.90 Å². The Bertz CT molecular complexity index is 1310. The van der Waals surface area contributed by atoms with Crippen LogP contribution in [0.15, 0.2) is 83.8 Å². The van der Waals surface area contributed by atoms with Crippen LogP contribution < -0.4 is 9.62 Å². The molecule has 37 heavy (non-hydrogen) atoms. The summed E-state index contributed by atoms with van der Waals surface area (Å²) >= 11 is 0. The van der Waals surface area contributed by atoms with Gasteiger partial charge in [-0.25, -0.2) is 8.42 Å². The van der Waals surface area contributed by atoms with Gasteiger partial charge in [0, 0.05) is 13.1 Å². The average Bonchev–Trinajstić information content (AvgIpc) is 2.89. The first kappa shape index (κ1) is 27.9. The van der Waals surface area contributed by atoms with Crippen molar-refractivity contribution < 1.29 is 18.0 Å². The van der Waals surface area contributed by atoms with Crippen LogP contribution in [0.25, 0.3) is 0 Å². The molecule has 1 unspecified atom stereocenters. The Morgan fingerprint density at radius 2 is 1.51 bits per heavy atom. The van der Waals surface area contributed by atoms with Gasteiger partial charge in [-0.3, -0.25) is 13.9 Å². The minimum absolute atomic E-state index is 0.0949. The van der Waals surface area contributed by atoms with Crippen molar-refractivity contribution in [1.29, 1.82) is 0 Å². The van der Waals surface area contributed by atoms with Crippen molar-refractivity contribution in [2.75, 3.05) is 17.4 Å². The molecule has 0 fully saturated rings. The maximum atomic E-state index is 13.8. The van der Waals surface area contributed by atoms with E-state index >= 15 is 0 Å². The lowest BCUT2D eigenvalue weighted by Gasteiger charge is -2.32. The summed E-state index contributed by atoms with van der Waals surface area (Å²) in [6.07, 6.45) is 0.765. The molecule has 7 nitrogen and oxygen atoms in total. The molecule has 3 aromatic rings. The van der Waals surface area contributed by atoms with Gasteiger partial charge >= 0.3 is 0 Å². The Labute approximate surface area is 220 Å². The van der Waals surface area contributed by atoms with E-state index in [2.05, 4.69) is 5.32 Å². The third-order valence-electron chi connectivity index (χ3n) is 6.18. The van der Waals surface area contributed by atoms with Crippen LogP contribution in [-0.4, -0.2) is 44.3 Å². The van der Waals surface area contributed by atoms with E-state index in [-0.39, 0.29) is 17.3 Å². The summed E-state index contributed by atoms with van der Waals surface area (Å²) in [5, 5.41) is 2.84. The van der Waals surface area contributed by atoms with Gasteiger partial charge in [-0.05, 0) is 56.5 Å². The van der Waals surface area contributed by atoms with E-state index in [9.17, 15) is 18.0 Å². The Morgan fingerprint density at radius 3 is 2.14 bits per heavy atom. The first-order valence-corrected chi connectivity index (χ1v) is 13.8. The Balaban J connectivity index is 2.02. The highest BCUT2D eigenvalue weighted by Gasteiger charge is 2.32. The normalized spacial score (nSPS) is 12.0. The number of hydrogen-bond donors (Lipinski definition) is 1. The second-order valence-corrected chi connectivity index (χ2v) is 10.9. The van der Waals surface area contributed by atoms with E-state index in [0.29, 0.717) is 17.8 Å². The van der Waals surface area contributed by atoms with Crippen LogP contribution >= 0.6 is 0 Å². The third-order valence-corrected chi connectivity index (χ3v) is 7.96. The third kappa shape index (κ3) is 6.98. The molecule has 0 heterocycles. The number of carbonyl (C=O) groups excluding carboxylic acids is 2. The number of nitrogens with one attached hydrogen (secondary N) is 1. The van der Waals surface area contributed by atoms with Gasteiger partial charge in [-0.15, -0.1) is 0 Å². The van der Waals surface area contributed by atoms with Crippen molar-refractivity contribution >= 4 is 27.5 Å². The Morgan fingerprint density at radius 1 is 0.892 bits per heavy atom. The number of anilines is 1. The maximum Gasteiger partial charge on any atom is 0.264 e. The van der Waals surface area contributed by atoms with Crippen molar-refractivity contribution in [2.24, 2.45) is 0 Å². The van der Waals surface area contributed by atoms with Crippen molar-refractivity contribution in [3.05, 3.63) is 95.6 Å². The van der Waals surface area contributed by atoms with Crippen LogP contribution in [0.4, 0.5) is 5.69 Å². The smallest absolute Gasteiger partial charge is 0.264 e. The second-order valence-electron chi connectivity index (χ2n) is 9.09. The molecule has 1 atom stereocenters. The van der Waals surface area contributed by atoms with Crippen LogP contribution in [0.1, 0.15) is 37.0 Å². The number of aryl methyl sites for hydroxylation is 2. The SMILES string of the molecule is CCCNC(=O)C(C)N(Cc1ccccc1)C(=O)CN(c1ccccc1C)S(=O)(=O)c1ccc(C)cc1. The van der Waals surface area contributed by atoms with Gasteiger partial charge in [-0.2, -0.15) is 0 Å². The average molecular weight is 522 g/mol. The van der Waals surface area contributed by atoms with Crippen molar-refractivity contribution in [1.82, 2.24) is 10.2 Å². The predicted molar refractivity (Wildman–Crippen MR) is 147 cm³/mol. The second kappa shape index (κ2) is 12.5. The lowest BCUT2D eigenvalue weighted by molar-refractivity contribution is -0.139. The summed E-state index contributed by atoms with van der Waals surface area (Å²) < 4.78 is 28.8. The predicted octanol–water partition coefficient (Wildman–Crippen LogP) is 4.44. The van der Waals surface area contributed by atoms with Crippen LogP contribution in [0.3, 0.4) is 0 Å². The fraction of sp³-hybridized carbons (Fsp3) is 0.310. The zero-order valence-corrected chi connectivity index (χ0v) is 22.7. The fourth-order valence-corrected chi connectivity index (χ4v) is 5.43. The molecule has 3 rings (SSSR count). The number of rotatable bonds is 11. The Hall–Kier alpha value is -3.65. The molecule has 0 saturated carbocycles. The number of benzene rings is 3. The van der Waals surface area contributed by atoms with E-state index in [1.807, 2.05) is 50.2 Å². The molecule has 196 valence electrons. The van der Waals surface area contributed by atoms with Crippen molar-refractivity contribution in [3.63, 3.8) is 0 Å². The minimum Gasteiger partial charge on any atom is -0.354 e. The number of hydrogen-bond acceptors (Lipinski definition) is 4. The lowest BCUT2D eigenvalue weighted by atomic mass is 10.1. The summed E-state index contributed by atoms with van der Waals surface area (Å²) in [4.78, 5) is 28.2. The summed E-state index contributed by atoms with van der Waals surface area (Å²) in [6, 6.07) is 22.2. The number of sulfonamides is 1. The monoisotopic (exact) mass is 521 g/mol. The standard InChI is InChI=1S/C29H35N3O4S/c1-5-19-30-29(34)24(4)31(20-25-12-7-6-8-13-25)28(33)21-32(27-14-10-9-11-23(27)3)37(35,36)26-17-15-22(2)16-18-26/h6-18,24H,5,19-21H2,1-4H3,(H,30,34). The van der Waals surface area contributed by atoms with Crippen LogP contribution in [0, 0.1) is 13.8 Å². The first-order chi connectivity index (χ1) is 17.6. The molecule has 0 bridgehead atoms. The molecule has 0 aliphatic carbocycles. The van der Waals surface area contributed by atoms with Crippen LogP contribution in [0.2, 0.25) is 0 Å². The van der Waals surface area contributed by atoms with Crippen LogP contribution in [0.5, 0.6) is 0 Å². The molecule has 0 saturated heterocycles. The van der Waals surface area contributed by atoms with Crippen molar-refractivity contribution in [3.8, 4) is 0 Å². The summed E-state index contributed by atoms with van der Waals surface area (Å²) in [5.74, 6) is -0.753. The number of nitrogens with zero attached hydrogens (tertiary/aromatic N) is 2. The van der Waals surface area contributed by atoms with Gasteiger partial charge in [0.1, 0.15) is 12.6 Å². The quantitative estimate of drug-likeness (QED) is 0.404. The molecule has 0 aromatic heterocycles. The molecular formula is C29H35N3O4S. The summed E-state index contributed by atoms with van der Waals surface area (Å²) in [5.41, 5.74) is 2.90. The van der Waals surface area contributed by atoms with Crippen LogP contribution in [-0.2, 0) is 26.2 Å². The van der Waals surface area contributed by atoms with E-state index in [1.54, 1.807) is 56.3 Å². The number of para-hydroxylation sites is 1. The molecule has 1 N–H and O–H groups in total. The van der Waals surface area contributed by atoms with Gasteiger partial charge in [0.05, 0.1) is 10.6 Å². The Kier molecular flexibility index (Phi) is 9.47. The van der Waals surface area contributed by atoms with Gasteiger partial charge in [0.2, 0.25) is 11.8 Å². The zero-order chi connectivity index (χ0) is 27.0.